The van der Waals surface area contributed by atoms with Crippen molar-refractivity contribution in [1.29, 1.82) is 0 Å². The van der Waals surface area contributed by atoms with E-state index in [1.165, 1.54) is 16.7 Å². The van der Waals surface area contributed by atoms with Crippen LogP contribution in [0.1, 0.15) is 50.8 Å². The van der Waals surface area contributed by atoms with E-state index >= 15 is 0 Å². The van der Waals surface area contributed by atoms with E-state index in [1.54, 1.807) is 0 Å². The van der Waals surface area contributed by atoms with Crippen LogP contribution >= 0.6 is 0 Å². The summed E-state index contributed by atoms with van der Waals surface area (Å²) in [5.74, 6) is 0. The molecule has 0 fully saturated rings. The standard InChI is InChI=1S/C14H18O.C3H9N/c1-10-4-5-12-9-13(14(2,3)15)7-6-11(12)8-10;1-3(2)4/h4-5,8-9,15H,6-7H2,1-3H3;3H,4H2,1-2H3. The van der Waals surface area contributed by atoms with Gasteiger partial charge in [0.05, 0.1) is 5.60 Å². The summed E-state index contributed by atoms with van der Waals surface area (Å²) in [5, 5.41) is 9.95. The van der Waals surface area contributed by atoms with Crippen LogP contribution in [0, 0.1) is 6.92 Å². The van der Waals surface area contributed by atoms with Crippen LogP contribution in [0.3, 0.4) is 0 Å². The first-order valence-electron chi connectivity index (χ1n) is 6.98. The molecule has 2 heteroatoms. The Kier molecular flexibility index (Phi) is 5.33. The second-order valence-corrected chi connectivity index (χ2v) is 6.17. The lowest BCUT2D eigenvalue weighted by Crippen LogP contribution is -2.23. The smallest absolute Gasteiger partial charge is 0.0804 e. The van der Waals surface area contributed by atoms with Gasteiger partial charge in [-0.3, -0.25) is 0 Å². The molecule has 106 valence electrons. The van der Waals surface area contributed by atoms with E-state index in [0.29, 0.717) is 6.04 Å². The molecule has 1 aromatic carbocycles. The lowest BCUT2D eigenvalue weighted by molar-refractivity contribution is 0.117. The molecule has 0 saturated carbocycles. The normalized spacial score (nSPS) is 14.4. The van der Waals surface area contributed by atoms with E-state index in [0.717, 1.165) is 18.4 Å². The molecule has 0 bridgehead atoms. The lowest BCUT2D eigenvalue weighted by atomic mass is 9.84. The first-order valence-corrected chi connectivity index (χ1v) is 6.98. The number of aryl methyl sites for hydroxylation is 2. The highest BCUT2D eigenvalue weighted by Gasteiger charge is 2.22. The highest BCUT2D eigenvalue weighted by Crippen LogP contribution is 2.30. The third kappa shape index (κ3) is 5.17. The molecule has 0 aromatic heterocycles. The molecule has 19 heavy (non-hydrogen) atoms. The molecule has 1 aliphatic rings. The number of hydrogen-bond acceptors (Lipinski definition) is 2. The Hall–Kier alpha value is -1.12. The van der Waals surface area contributed by atoms with E-state index < -0.39 is 5.60 Å². The van der Waals surface area contributed by atoms with E-state index in [4.69, 9.17) is 5.73 Å². The Balaban J connectivity index is 0.000000399. The minimum Gasteiger partial charge on any atom is -0.386 e. The molecule has 1 aliphatic carbocycles. The number of nitrogens with two attached hydrogens (primary N) is 1. The summed E-state index contributed by atoms with van der Waals surface area (Å²) < 4.78 is 0. The molecule has 0 spiro atoms. The molecule has 3 N–H and O–H groups in total. The summed E-state index contributed by atoms with van der Waals surface area (Å²) >= 11 is 0. The average molecular weight is 261 g/mol. The summed E-state index contributed by atoms with van der Waals surface area (Å²) in [6, 6.07) is 6.85. The Morgan fingerprint density at radius 2 is 1.79 bits per heavy atom. The fraction of sp³-hybridized carbons (Fsp3) is 0.529. The van der Waals surface area contributed by atoms with E-state index in [9.17, 15) is 5.11 Å². The molecule has 0 aliphatic heterocycles. The SMILES string of the molecule is CC(C)N.Cc1ccc2c(c1)CCC(C(C)(C)O)=C2. The molecule has 0 unspecified atom stereocenters. The molecule has 0 amide bonds. The summed E-state index contributed by atoms with van der Waals surface area (Å²) in [5.41, 5.74) is 9.56. The van der Waals surface area contributed by atoms with E-state index in [1.807, 2.05) is 27.7 Å². The van der Waals surface area contributed by atoms with Crippen LogP contribution in [-0.4, -0.2) is 16.7 Å². The summed E-state index contributed by atoms with van der Waals surface area (Å²) in [4.78, 5) is 0. The molecular formula is C17H27NO. The Labute approximate surface area is 117 Å². The van der Waals surface area contributed by atoms with Gasteiger partial charge >= 0.3 is 0 Å². The van der Waals surface area contributed by atoms with Gasteiger partial charge in [-0.15, -0.1) is 0 Å². The third-order valence-corrected chi connectivity index (χ3v) is 3.08. The average Bonchev–Trinajstić information content (AvgIpc) is 2.26. The Bertz CT molecular complexity index is 450. The predicted molar refractivity (Wildman–Crippen MR) is 83.1 cm³/mol. The molecule has 0 atom stereocenters. The van der Waals surface area contributed by atoms with Crippen molar-refractivity contribution in [2.75, 3.05) is 0 Å². The first kappa shape index (κ1) is 15.9. The minimum absolute atomic E-state index is 0.333. The predicted octanol–water partition coefficient (Wildman–Crippen LogP) is 3.45. The third-order valence-electron chi connectivity index (χ3n) is 3.08. The van der Waals surface area contributed by atoms with Crippen molar-refractivity contribution in [2.24, 2.45) is 5.73 Å². The summed E-state index contributed by atoms with van der Waals surface area (Å²) in [6.45, 7) is 9.73. The molecule has 2 rings (SSSR count). The van der Waals surface area contributed by atoms with Crippen molar-refractivity contribution < 1.29 is 5.11 Å². The highest BCUT2D eigenvalue weighted by molar-refractivity contribution is 5.61. The molecular weight excluding hydrogens is 234 g/mol. The lowest BCUT2D eigenvalue weighted by Gasteiger charge is -2.26. The maximum atomic E-state index is 9.95. The Morgan fingerprint density at radius 3 is 2.32 bits per heavy atom. The van der Waals surface area contributed by atoms with Crippen molar-refractivity contribution in [3.8, 4) is 0 Å². The van der Waals surface area contributed by atoms with Crippen molar-refractivity contribution in [3.63, 3.8) is 0 Å². The van der Waals surface area contributed by atoms with Crippen LogP contribution in [0.5, 0.6) is 0 Å². The number of aliphatic hydroxyl groups is 1. The van der Waals surface area contributed by atoms with Crippen LogP contribution in [0.25, 0.3) is 6.08 Å². The number of fused-ring (bicyclic) bond motifs is 1. The zero-order chi connectivity index (χ0) is 14.6. The van der Waals surface area contributed by atoms with Gasteiger partial charge in [0, 0.05) is 0 Å². The van der Waals surface area contributed by atoms with Crippen molar-refractivity contribution >= 4 is 6.08 Å². The zero-order valence-electron chi connectivity index (χ0n) is 12.8. The number of rotatable bonds is 1. The van der Waals surface area contributed by atoms with Crippen LogP contribution in [0.2, 0.25) is 0 Å². The van der Waals surface area contributed by atoms with Gasteiger partial charge < -0.3 is 10.8 Å². The van der Waals surface area contributed by atoms with Gasteiger partial charge in [-0.1, -0.05) is 43.7 Å². The van der Waals surface area contributed by atoms with Crippen molar-refractivity contribution in [3.05, 3.63) is 40.5 Å². The molecule has 1 aromatic rings. The van der Waals surface area contributed by atoms with E-state index in [-0.39, 0.29) is 0 Å². The fourth-order valence-corrected chi connectivity index (χ4v) is 2.10. The van der Waals surface area contributed by atoms with Crippen LogP contribution in [-0.2, 0) is 6.42 Å². The second-order valence-electron chi connectivity index (χ2n) is 6.17. The summed E-state index contributed by atoms with van der Waals surface area (Å²) in [7, 11) is 0. The van der Waals surface area contributed by atoms with Gasteiger partial charge in [0.25, 0.3) is 0 Å². The zero-order valence-corrected chi connectivity index (χ0v) is 12.8. The molecule has 2 nitrogen and oxygen atoms in total. The van der Waals surface area contributed by atoms with Gasteiger partial charge in [-0.25, -0.2) is 0 Å². The molecule has 0 heterocycles. The first-order chi connectivity index (χ1) is 8.70. The second kappa shape index (κ2) is 6.36. The quantitative estimate of drug-likeness (QED) is 0.813. The van der Waals surface area contributed by atoms with Gasteiger partial charge in [0.1, 0.15) is 0 Å². The van der Waals surface area contributed by atoms with Crippen molar-refractivity contribution in [2.45, 2.75) is 59.1 Å². The van der Waals surface area contributed by atoms with E-state index in [2.05, 4.69) is 31.2 Å². The number of hydrogen-bond donors (Lipinski definition) is 2. The molecule has 0 radical (unpaired) electrons. The molecule has 0 saturated heterocycles. The monoisotopic (exact) mass is 261 g/mol. The number of benzene rings is 1. The maximum Gasteiger partial charge on any atom is 0.0804 e. The fourth-order valence-electron chi connectivity index (χ4n) is 2.10. The van der Waals surface area contributed by atoms with Crippen LogP contribution < -0.4 is 5.73 Å². The van der Waals surface area contributed by atoms with Gasteiger partial charge in [-0.05, 0) is 56.4 Å². The highest BCUT2D eigenvalue weighted by atomic mass is 16.3. The maximum absolute atomic E-state index is 9.95. The van der Waals surface area contributed by atoms with Gasteiger partial charge in [-0.2, -0.15) is 0 Å². The van der Waals surface area contributed by atoms with Crippen LogP contribution in [0.4, 0.5) is 0 Å². The summed E-state index contributed by atoms with van der Waals surface area (Å²) in [6.07, 6.45) is 4.16. The van der Waals surface area contributed by atoms with Crippen LogP contribution in [0.15, 0.2) is 23.8 Å². The van der Waals surface area contributed by atoms with Gasteiger partial charge in [0.2, 0.25) is 0 Å². The largest absolute Gasteiger partial charge is 0.386 e. The Morgan fingerprint density at radius 1 is 1.21 bits per heavy atom. The van der Waals surface area contributed by atoms with Crippen molar-refractivity contribution in [1.82, 2.24) is 0 Å². The topological polar surface area (TPSA) is 46.2 Å². The minimum atomic E-state index is -0.678. The van der Waals surface area contributed by atoms with Gasteiger partial charge in [0.15, 0.2) is 0 Å².